The summed E-state index contributed by atoms with van der Waals surface area (Å²) in [7, 11) is 0.0470. The Morgan fingerprint density at radius 2 is 1.00 bits per heavy atom. The zero-order chi connectivity index (χ0) is 41.1. The third-order valence-electron chi connectivity index (χ3n) is 15.6. The first-order valence-electron chi connectivity index (χ1n) is 22.1. The molecule has 0 aromatic carbocycles. The van der Waals surface area contributed by atoms with E-state index in [0.717, 1.165) is 64.8 Å². The van der Waals surface area contributed by atoms with Crippen molar-refractivity contribution in [2.24, 2.45) is 22.0 Å². The SMILES string of the molecule is CC/C(=N/N1CCC[C@H]1COC)[C@H](C/C(C)=C/CC/C=C(\C)C[C@@H](/C(CC)=N\N1CCC[C@H]1COC)[Si](C)(C)C(C)(C)C(C)C)[Si](C)(C)C(C)(C)C(C)C. The summed E-state index contributed by atoms with van der Waals surface area (Å²) < 4.78 is 11.2. The topological polar surface area (TPSA) is 49.7 Å². The summed E-state index contributed by atoms with van der Waals surface area (Å²) in [6.07, 6.45) is 16.4. The van der Waals surface area contributed by atoms with Gasteiger partial charge >= 0.3 is 0 Å². The van der Waals surface area contributed by atoms with Crippen LogP contribution in [0, 0.1) is 11.8 Å². The van der Waals surface area contributed by atoms with E-state index in [9.17, 15) is 0 Å². The van der Waals surface area contributed by atoms with Crippen LogP contribution in [-0.4, -0.2) is 90.2 Å². The lowest BCUT2D eigenvalue weighted by Crippen LogP contribution is -2.49. The van der Waals surface area contributed by atoms with Crippen molar-refractivity contribution in [2.45, 2.75) is 207 Å². The molecule has 2 heterocycles. The van der Waals surface area contributed by atoms with Gasteiger partial charge in [0, 0.05) is 38.7 Å². The van der Waals surface area contributed by atoms with Crippen molar-refractivity contribution >= 4 is 27.6 Å². The van der Waals surface area contributed by atoms with E-state index in [4.69, 9.17) is 19.7 Å². The van der Waals surface area contributed by atoms with Crippen LogP contribution in [0.4, 0.5) is 0 Å². The Hall–Kier alpha value is -1.23. The van der Waals surface area contributed by atoms with Crippen molar-refractivity contribution in [2.75, 3.05) is 40.5 Å². The molecule has 8 heteroatoms. The van der Waals surface area contributed by atoms with E-state index in [1.165, 1.54) is 48.3 Å². The molecule has 6 nitrogen and oxygen atoms in total. The second-order valence-corrected chi connectivity index (χ2v) is 31.0. The molecule has 0 spiro atoms. The van der Waals surface area contributed by atoms with Crippen LogP contribution in [0.5, 0.6) is 0 Å². The molecule has 0 saturated carbocycles. The monoisotopic (exact) mass is 787 g/mol. The largest absolute Gasteiger partial charge is 0.382 e. The molecule has 314 valence electrons. The number of allylic oxidation sites excluding steroid dienone is 4. The maximum absolute atomic E-state index is 5.61. The van der Waals surface area contributed by atoms with Crippen molar-refractivity contribution in [3.05, 3.63) is 23.3 Å². The first-order valence-corrected chi connectivity index (χ1v) is 28.3. The average molecular weight is 787 g/mol. The number of hydrogen-bond acceptors (Lipinski definition) is 6. The normalized spacial score (nSPS) is 21.6. The Labute approximate surface area is 338 Å². The predicted molar refractivity (Wildman–Crippen MR) is 245 cm³/mol. The summed E-state index contributed by atoms with van der Waals surface area (Å²) in [6, 6.07) is 0.812. The Kier molecular flexibility index (Phi) is 19.5. The minimum Gasteiger partial charge on any atom is -0.382 e. The van der Waals surface area contributed by atoms with Crippen LogP contribution in [0.25, 0.3) is 0 Å². The highest BCUT2D eigenvalue weighted by molar-refractivity contribution is 6.85. The van der Waals surface area contributed by atoms with E-state index < -0.39 is 16.1 Å². The lowest BCUT2D eigenvalue weighted by molar-refractivity contribution is 0.117. The second-order valence-electron chi connectivity index (χ2n) is 20.1. The molecule has 0 bridgehead atoms. The van der Waals surface area contributed by atoms with E-state index in [0.29, 0.717) is 45.1 Å². The van der Waals surface area contributed by atoms with Crippen LogP contribution in [0.15, 0.2) is 33.5 Å². The predicted octanol–water partition coefficient (Wildman–Crippen LogP) is 13.2. The smallest absolute Gasteiger partial charge is 0.0704 e. The Morgan fingerprint density at radius 3 is 1.28 bits per heavy atom. The maximum Gasteiger partial charge on any atom is 0.0704 e. The molecule has 0 unspecified atom stereocenters. The molecule has 0 N–H and O–H groups in total. The second kappa shape index (κ2) is 21.5. The van der Waals surface area contributed by atoms with E-state index in [-0.39, 0.29) is 0 Å². The molecule has 0 radical (unpaired) electrons. The Morgan fingerprint density at radius 1 is 0.667 bits per heavy atom. The highest BCUT2D eigenvalue weighted by Crippen LogP contribution is 2.53. The molecule has 4 atom stereocenters. The molecule has 0 amide bonds. The van der Waals surface area contributed by atoms with Crippen molar-refractivity contribution in [1.29, 1.82) is 0 Å². The average Bonchev–Trinajstić information content (AvgIpc) is 3.74. The van der Waals surface area contributed by atoms with Gasteiger partial charge in [-0.2, -0.15) is 10.2 Å². The van der Waals surface area contributed by atoms with Gasteiger partial charge < -0.3 is 9.47 Å². The Balaban J connectivity index is 2.38. The third kappa shape index (κ3) is 12.1. The molecule has 2 aliphatic rings. The molecule has 2 saturated heterocycles. The van der Waals surface area contributed by atoms with Gasteiger partial charge in [0.25, 0.3) is 0 Å². The van der Waals surface area contributed by atoms with Gasteiger partial charge in [0.2, 0.25) is 0 Å². The number of unbranched alkanes of at least 4 members (excludes halogenated alkanes) is 1. The minimum absolute atomic E-state index is 0.294. The van der Waals surface area contributed by atoms with Crippen molar-refractivity contribution < 1.29 is 9.47 Å². The molecule has 54 heavy (non-hydrogen) atoms. The molecule has 2 aliphatic heterocycles. The fourth-order valence-electron chi connectivity index (χ4n) is 9.17. The van der Waals surface area contributed by atoms with Gasteiger partial charge in [-0.25, -0.2) is 0 Å². The number of rotatable bonds is 23. The molecule has 0 aromatic heterocycles. The van der Waals surface area contributed by atoms with E-state index in [2.05, 4.69) is 131 Å². The van der Waals surface area contributed by atoms with Crippen LogP contribution in [0.2, 0.25) is 47.3 Å². The summed E-state index contributed by atoms with van der Waals surface area (Å²) in [4.78, 5) is 0. The van der Waals surface area contributed by atoms with Gasteiger partial charge in [-0.15, -0.1) is 0 Å². The highest BCUT2D eigenvalue weighted by atomic mass is 28.3. The van der Waals surface area contributed by atoms with Crippen LogP contribution < -0.4 is 0 Å². The fourth-order valence-corrected chi connectivity index (χ4v) is 17.8. The number of hydrogen-bond donors (Lipinski definition) is 0. The van der Waals surface area contributed by atoms with Crippen molar-refractivity contribution in [1.82, 2.24) is 10.0 Å². The third-order valence-corrected chi connectivity index (χ3v) is 28.0. The number of methoxy groups -OCH3 is 2. The zero-order valence-corrected chi connectivity index (χ0v) is 41.1. The quantitative estimate of drug-likeness (QED) is 0.0448. The molecule has 2 fully saturated rings. The van der Waals surface area contributed by atoms with E-state index >= 15 is 0 Å². The van der Waals surface area contributed by atoms with Crippen LogP contribution in [0.1, 0.15) is 147 Å². The number of hydrazone groups is 2. The van der Waals surface area contributed by atoms with Gasteiger partial charge in [0.1, 0.15) is 0 Å². The van der Waals surface area contributed by atoms with Crippen molar-refractivity contribution in [3.63, 3.8) is 0 Å². The minimum atomic E-state index is -1.80. The van der Waals surface area contributed by atoms with Gasteiger partial charge in [0.05, 0.1) is 41.4 Å². The molecule has 0 aliphatic carbocycles. The van der Waals surface area contributed by atoms with E-state index in [1.807, 2.05) is 14.2 Å². The van der Waals surface area contributed by atoms with Gasteiger partial charge in [-0.05, 0) is 111 Å². The lowest BCUT2D eigenvalue weighted by Gasteiger charge is -2.49. The molecule has 0 aromatic rings. The maximum atomic E-state index is 5.61. The fraction of sp³-hybridized carbons (Fsp3) is 0.870. The molecular formula is C46H90N4O2Si2. The van der Waals surface area contributed by atoms with Crippen LogP contribution >= 0.6 is 0 Å². The number of nitrogens with zero attached hydrogens (tertiary/aromatic N) is 4. The molecule has 2 rings (SSSR count). The Bertz CT molecular complexity index is 1170. The van der Waals surface area contributed by atoms with Gasteiger partial charge in [-0.1, -0.05) is 119 Å². The van der Waals surface area contributed by atoms with Crippen LogP contribution in [-0.2, 0) is 9.47 Å². The van der Waals surface area contributed by atoms with Crippen LogP contribution in [0.3, 0.4) is 0 Å². The van der Waals surface area contributed by atoms with Gasteiger partial charge in [-0.3, -0.25) is 10.0 Å². The summed E-state index contributed by atoms with van der Waals surface area (Å²) in [5, 5.41) is 16.4. The summed E-state index contributed by atoms with van der Waals surface area (Å²) in [6.45, 7) is 43.6. The summed E-state index contributed by atoms with van der Waals surface area (Å²) in [5.41, 5.74) is 6.93. The summed E-state index contributed by atoms with van der Waals surface area (Å²) in [5.74, 6) is 1.27. The van der Waals surface area contributed by atoms with Crippen molar-refractivity contribution in [3.8, 4) is 0 Å². The zero-order valence-electron chi connectivity index (χ0n) is 39.1. The molecular weight excluding hydrogens is 697 g/mol. The highest BCUT2D eigenvalue weighted by Gasteiger charge is 2.49. The van der Waals surface area contributed by atoms with E-state index in [1.54, 1.807) is 0 Å². The summed E-state index contributed by atoms with van der Waals surface area (Å²) >= 11 is 0. The van der Waals surface area contributed by atoms with Gasteiger partial charge in [0.15, 0.2) is 0 Å². The number of ether oxygens (including phenoxy) is 2. The standard InChI is InChI=1S/C46H90N4O2Si2/c1-19-41(47-49-29-23-27-39(49)33-51-13)43(53(15,16)45(9,10)35(3)4)31-37(7)25-21-22-26-38(8)32-44(54(17,18)46(11,12)36(5)6)42(20-2)48-50-30-24-28-40(50)34-52-14/h25-26,35-36,39-40,43-44H,19-24,27-34H2,1-18H3/b37-25+,38-26+,47-41-,48-42-/t39-,40-,43-,44-/m0/s1. The first kappa shape index (κ1) is 48.9. The lowest BCUT2D eigenvalue weighted by atomic mass is 9.99. The first-order chi connectivity index (χ1) is 25.1.